The van der Waals surface area contributed by atoms with Gasteiger partial charge in [-0.1, -0.05) is 0 Å². The van der Waals surface area contributed by atoms with E-state index in [1.165, 1.54) is 0 Å². The van der Waals surface area contributed by atoms with Gasteiger partial charge in [-0.2, -0.15) is 5.26 Å². The zero-order valence-corrected chi connectivity index (χ0v) is 11.5. The van der Waals surface area contributed by atoms with Gasteiger partial charge in [-0.25, -0.2) is 4.98 Å². The second-order valence-electron chi connectivity index (χ2n) is 4.58. The first-order chi connectivity index (χ1) is 9.15. The summed E-state index contributed by atoms with van der Waals surface area (Å²) < 4.78 is 5.22. The Labute approximate surface area is 113 Å². The van der Waals surface area contributed by atoms with Gasteiger partial charge in [0.2, 0.25) is 0 Å². The second kappa shape index (κ2) is 5.57. The molecule has 4 nitrogen and oxygen atoms in total. The Hall–Kier alpha value is -2.28. The average molecular weight is 255 g/mol. The van der Waals surface area contributed by atoms with E-state index < -0.39 is 0 Å². The lowest BCUT2D eigenvalue weighted by molar-refractivity contribution is 0.415. The van der Waals surface area contributed by atoms with Gasteiger partial charge in [0.05, 0.1) is 18.7 Å². The quantitative estimate of drug-likeness (QED) is 0.843. The molecule has 0 saturated carbocycles. The maximum Gasteiger partial charge on any atom is 0.132 e. The van der Waals surface area contributed by atoms with E-state index in [2.05, 4.69) is 17.1 Å². The summed E-state index contributed by atoms with van der Waals surface area (Å²) in [5, 5.41) is 9.81. The summed E-state index contributed by atoms with van der Waals surface area (Å²) in [5.74, 6) is 1.71. The number of nitrogens with zero attached hydrogens (tertiary/aromatic N) is 3. The van der Waals surface area contributed by atoms with E-state index in [-0.39, 0.29) is 0 Å². The van der Waals surface area contributed by atoms with Crippen molar-refractivity contribution in [1.29, 1.82) is 5.26 Å². The Morgan fingerprint density at radius 3 is 2.74 bits per heavy atom. The van der Waals surface area contributed by atoms with Crippen molar-refractivity contribution in [3.05, 3.63) is 29.8 Å². The molecular formula is C15H17N3O. The summed E-state index contributed by atoms with van der Waals surface area (Å²) in [6, 6.07) is 10.1. The van der Waals surface area contributed by atoms with E-state index in [1.807, 2.05) is 37.2 Å². The Bertz CT molecular complexity index is 629. The summed E-state index contributed by atoms with van der Waals surface area (Å²) >= 11 is 0. The maximum absolute atomic E-state index is 8.74. The summed E-state index contributed by atoms with van der Waals surface area (Å²) in [7, 11) is 5.57. The van der Waals surface area contributed by atoms with Gasteiger partial charge in [0.1, 0.15) is 11.6 Å². The zero-order chi connectivity index (χ0) is 13.8. The number of ether oxygens (including phenoxy) is 1. The number of hydrogen-bond acceptors (Lipinski definition) is 4. The van der Waals surface area contributed by atoms with Crippen molar-refractivity contribution in [3.63, 3.8) is 0 Å². The molecule has 0 N–H and O–H groups in total. The highest BCUT2D eigenvalue weighted by Crippen LogP contribution is 2.26. The molecule has 0 amide bonds. The summed E-state index contributed by atoms with van der Waals surface area (Å²) in [6.45, 7) is 0. The molecule has 4 heteroatoms. The number of fused-ring (bicyclic) bond motifs is 1. The molecule has 0 fully saturated rings. The monoisotopic (exact) mass is 255 g/mol. The van der Waals surface area contributed by atoms with Crippen LogP contribution in [0.5, 0.6) is 5.75 Å². The predicted molar refractivity (Wildman–Crippen MR) is 76.6 cm³/mol. The largest absolute Gasteiger partial charge is 0.497 e. The molecule has 1 aromatic heterocycles. The fourth-order valence-corrected chi connectivity index (χ4v) is 2.07. The second-order valence-corrected chi connectivity index (χ2v) is 4.58. The lowest BCUT2D eigenvalue weighted by Gasteiger charge is -2.17. The predicted octanol–water partition coefficient (Wildman–Crippen LogP) is 2.77. The number of hydrogen-bond donors (Lipinski definition) is 0. The van der Waals surface area contributed by atoms with Crippen molar-refractivity contribution in [2.45, 2.75) is 12.8 Å². The topological polar surface area (TPSA) is 49.1 Å². The first-order valence-electron chi connectivity index (χ1n) is 6.17. The summed E-state index contributed by atoms with van der Waals surface area (Å²) in [5.41, 5.74) is 2.01. The van der Waals surface area contributed by atoms with Gasteiger partial charge >= 0.3 is 0 Å². The van der Waals surface area contributed by atoms with Gasteiger partial charge in [0, 0.05) is 32.0 Å². The molecule has 0 aliphatic carbocycles. The van der Waals surface area contributed by atoms with Crippen molar-refractivity contribution in [1.82, 2.24) is 4.98 Å². The van der Waals surface area contributed by atoms with E-state index in [9.17, 15) is 0 Å². The standard InChI is InChI=1S/C15H17N3O/c1-18(2)15-12(5-4-8-16)9-11-6-7-13(19-3)10-14(11)17-15/h6-7,9-10H,4-5H2,1-3H3. The van der Waals surface area contributed by atoms with E-state index >= 15 is 0 Å². The van der Waals surface area contributed by atoms with E-state index in [0.717, 1.165) is 34.5 Å². The van der Waals surface area contributed by atoms with Crippen LogP contribution >= 0.6 is 0 Å². The molecule has 1 heterocycles. The van der Waals surface area contributed by atoms with Crippen molar-refractivity contribution in [2.75, 3.05) is 26.1 Å². The number of benzene rings is 1. The minimum Gasteiger partial charge on any atom is -0.497 e. The van der Waals surface area contributed by atoms with Crippen molar-refractivity contribution in [3.8, 4) is 11.8 Å². The molecule has 0 saturated heterocycles. The van der Waals surface area contributed by atoms with E-state index in [4.69, 9.17) is 10.00 Å². The van der Waals surface area contributed by atoms with Gasteiger partial charge in [-0.3, -0.25) is 0 Å². The Kier molecular flexibility index (Phi) is 3.86. The van der Waals surface area contributed by atoms with Gasteiger partial charge in [-0.15, -0.1) is 0 Å². The number of rotatable bonds is 4. The lowest BCUT2D eigenvalue weighted by atomic mass is 10.1. The van der Waals surface area contributed by atoms with Crippen LogP contribution in [0.15, 0.2) is 24.3 Å². The molecule has 98 valence electrons. The molecule has 0 unspecified atom stereocenters. The minimum atomic E-state index is 0.504. The molecule has 1 aromatic carbocycles. The summed E-state index contributed by atoms with van der Waals surface area (Å²) in [4.78, 5) is 6.65. The van der Waals surface area contributed by atoms with Crippen LogP contribution in [0.2, 0.25) is 0 Å². The molecule has 2 aromatic rings. The van der Waals surface area contributed by atoms with Crippen LogP contribution in [0, 0.1) is 11.3 Å². The van der Waals surface area contributed by atoms with Crippen LogP contribution < -0.4 is 9.64 Å². The maximum atomic E-state index is 8.74. The third kappa shape index (κ3) is 2.76. The van der Waals surface area contributed by atoms with Crippen molar-refractivity contribution >= 4 is 16.7 Å². The molecule has 0 aliphatic rings. The fourth-order valence-electron chi connectivity index (χ4n) is 2.07. The number of anilines is 1. The number of aryl methyl sites for hydroxylation is 1. The van der Waals surface area contributed by atoms with Crippen LogP contribution in [0.25, 0.3) is 10.9 Å². The van der Waals surface area contributed by atoms with E-state index in [1.54, 1.807) is 7.11 Å². The number of aromatic nitrogens is 1. The zero-order valence-electron chi connectivity index (χ0n) is 11.5. The Morgan fingerprint density at radius 1 is 1.32 bits per heavy atom. The average Bonchev–Trinajstić information content (AvgIpc) is 2.43. The molecule has 2 rings (SSSR count). The molecule has 0 bridgehead atoms. The molecule has 0 spiro atoms. The SMILES string of the molecule is COc1ccc2cc(CCC#N)c(N(C)C)nc2c1. The Morgan fingerprint density at radius 2 is 2.11 bits per heavy atom. The molecule has 0 aliphatic heterocycles. The van der Waals surface area contributed by atoms with Crippen molar-refractivity contribution < 1.29 is 4.74 Å². The lowest BCUT2D eigenvalue weighted by Crippen LogP contribution is -2.13. The minimum absolute atomic E-state index is 0.504. The van der Waals surface area contributed by atoms with E-state index in [0.29, 0.717) is 6.42 Å². The first-order valence-corrected chi connectivity index (χ1v) is 6.17. The fraction of sp³-hybridized carbons (Fsp3) is 0.333. The Balaban J connectivity index is 2.55. The number of nitriles is 1. The molecule has 0 atom stereocenters. The van der Waals surface area contributed by atoms with Crippen molar-refractivity contribution in [2.24, 2.45) is 0 Å². The van der Waals surface area contributed by atoms with Crippen LogP contribution in [-0.2, 0) is 6.42 Å². The molecule has 19 heavy (non-hydrogen) atoms. The van der Waals surface area contributed by atoms with Gasteiger partial charge in [0.25, 0.3) is 0 Å². The number of methoxy groups -OCH3 is 1. The van der Waals surface area contributed by atoms with Crippen LogP contribution in [-0.4, -0.2) is 26.2 Å². The van der Waals surface area contributed by atoms with Gasteiger partial charge < -0.3 is 9.64 Å². The summed E-state index contributed by atoms with van der Waals surface area (Å²) in [6.07, 6.45) is 1.23. The third-order valence-electron chi connectivity index (χ3n) is 3.01. The molecular weight excluding hydrogens is 238 g/mol. The highest BCUT2D eigenvalue weighted by Gasteiger charge is 2.09. The van der Waals surface area contributed by atoms with Crippen LogP contribution in [0.3, 0.4) is 0 Å². The smallest absolute Gasteiger partial charge is 0.132 e. The highest BCUT2D eigenvalue weighted by atomic mass is 16.5. The first kappa shape index (κ1) is 13.2. The van der Waals surface area contributed by atoms with Crippen LogP contribution in [0.1, 0.15) is 12.0 Å². The van der Waals surface area contributed by atoms with Gasteiger partial charge in [-0.05, 0) is 30.2 Å². The third-order valence-corrected chi connectivity index (χ3v) is 3.01. The molecule has 0 radical (unpaired) electrons. The highest BCUT2D eigenvalue weighted by molar-refractivity contribution is 5.83. The normalized spacial score (nSPS) is 10.2. The van der Waals surface area contributed by atoms with Crippen LogP contribution in [0.4, 0.5) is 5.82 Å². The number of pyridine rings is 1. The van der Waals surface area contributed by atoms with Gasteiger partial charge in [0.15, 0.2) is 0 Å².